The van der Waals surface area contributed by atoms with Gasteiger partial charge in [0.05, 0.1) is 12.6 Å². The summed E-state index contributed by atoms with van der Waals surface area (Å²) in [5, 5.41) is 7.41. The number of urea groups is 1. The minimum Gasteiger partial charge on any atom is -0.379 e. The molecule has 2 heterocycles. The summed E-state index contributed by atoms with van der Waals surface area (Å²) < 4.78 is 5.14. The van der Waals surface area contributed by atoms with Gasteiger partial charge in [0.2, 0.25) is 0 Å². The maximum atomic E-state index is 11.6. The van der Waals surface area contributed by atoms with Crippen molar-refractivity contribution >= 4 is 28.3 Å². The molecule has 7 heteroatoms. The molecule has 2 N–H and O–H groups in total. The van der Waals surface area contributed by atoms with Crippen molar-refractivity contribution in [3.05, 3.63) is 11.1 Å². The van der Waals surface area contributed by atoms with Crippen molar-refractivity contribution in [1.29, 1.82) is 0 Å². The van der Waals surface area contributed by atoms with E-state index in [1.165, 1.54) is 18.3 Å². The van der Waals surface area contributed by atoms with E-state index in [1.54, 1.807) is 5.38 Å². The van der Waals surface area contributed by atoms with E-state index < -0.39 is 0 Å². The molecule has 2 amide bonds. The molecule has 1 fully saturated rings. The van der Waals surface area contributed by atoms with Gasteiger partial charge in [0, 0.05) is 18.9 Å². The third-order valence-corrected chi connectivity index (χ3v) is 3.11. The van der Waals surface area contributed by atoms with Gasteiger partial charge in [-0.15, -0.1) is 11.3 Å². The van der Waals surface area contributed by atoms with Crippen molar-refractivity contribution in [2.45, 2.75) is 19.4 Å². The van der Waals surface area contributed by atoms with Gasteiger partial charge in [0.15, 0.2) is 10.9 Å². The highest BCUT2D eigenvalue weighted by molar-refractivity contribution is 7.14. The number of rotatable bonds is 3. The van der Waals surface area contributed by atoms with Gasteiger partial charge in [-0.05, 0) is 6.42 Å². The van der Waals surface area contributed by atoms with Crippen LogP contribution >= 0.6 is 11.3 Å². The third-order valence-electron chi connectivity index (χ3n) is 2.35. The lowest BCUT2D eigenvalue weighted by molar-refractivity contribution is 0.101. The number of ketones is 1. The molecule has 1 aromatic heterocycles. The number of nitrogens with zero attached hydrogens (tertiary/aromatic N) is 1. The molecule has 1 aliphatic rings. The highest BCUT2D eigenvalue weighted by Crippen LogP contribution is 2.15. The fourth-order valence-corrected chi connectivity index (χ4v) is 2.20. The molecule has 0 bridgehead atoms. The van der Waals surface area contributed by atoms with Crippen LogP contribution in [0.15, 0.2) is 5.38 Å². The maximum Gasteiger partial charge on any atom is 0.321 e. The molecule has 1 unspecified atom stereocenters. The fraction of sp³-hybridized carbons (Fsp3) is 0.500. The molecule has 17 heavy (non-hydrogen) atoms. The van der Waals surface area contributed by atoms with Crippen molar-refractivity contribution in [2.24, 2.45) is 0 Å². The predicted molar refractivity (Wildman–Crippen MR) is 63.5 cm³/mol. The summed E-state index contributed by atoms with van der Waals surface area (Å²) in [7, 11) is 0. The van der Waals surface area contributed by atoms with Gasteiger partial charge in [-0.2, -0.15) is 0 Å². The number of anilines is 1. The van der Waals surface area contributed by atoms with Crippen molar-refractivity contribution in [3.8, 4) is 0 Å². The molecule has 1 saturated heterocycles. The Morgan fingerprint density at radius 2 is 2.41 bits per heavy atom. The number of aromatic nitrogens is 1. The van der Waals surface area contributed by atoms with Crippen LogP contribution in [0.1, 0.15) is 23.8 Å². The van der Waals surface area contributed by atoms with Gasteiger partial charge in [-0.25, -0.2) is 9.78 Å². The van der Waals surface area contributed by atoms with Crippen molar-refractivity contribution in [2.75, 3.05) is 18.5 Å². The van der Waals surface area contributed by atoms with Crippen LogP contribution < -0.4 is 10.6 Å². The Morgan fingerprint density at radius 3 is 3.00 bits per heavy atom. The lowest BCUT2D eigenvalue weighted by Crippen LogP contribution is -2.38. The van der Waals surface area contributed by atoms with Gasteiger partial charge >= 0.3 is 6.03 Å². The van der Waals surface area contributed by atoms with E-state index >= 15 is 0 Å². The van der Waals surface area contributed by atoms with Crippen LogP contribution in [0.4, 0.5) is 9.93 Å². The van der Waals surface area contributed by atoms with E-state index in [2.05, 4.69) is 15.6 Å². The summed E-state index contributed by atoms with van der Waals surface area (Å²) in [6.45, 7) is 2.66. The molecule has 1 aliphatic heterocycles. The number of hydrogen-bond donors (Lipinski definition) is 2. The molecule has 92 valence electrons. The van der Waals surface area contributed by atoms with Crippen LogP contribution in [0.2, 0.25) is 0 Å². The Labute approximate surface area is 102 Å². The zero-order valence-electron chi connectivity index (χ0n) is 9.36. The van der Waals surface area contributed by atoms with Crippen LogP contribution in [-0.2, 0) is 4.74 Å². The molecule has 1 aromatic rings. The first-order chi connectivity index (χ1) is 8.15. The monoisotopic (exact) mass is 255 g/mol. The van der Waals surface area contributed by atoms with Crippen LogP contribution in [0.3, 0.4) is 0 Å². The smallest absolute Gasteiger partial charge is 0.321 e. The molecular formula is C10H13N3O3S. The Kier molecular flexibility index (Phi) is 3.70. The number of ether oxygens (including phenoxy) is 1. The number of amides is 2. The second-order valence-electron chi connectivity index (χ2n) is 3.75. The highest BCUT2D eigenvalue weighted by Gasteiger charge is 2.18. The van der Waals surface area contributed by atoms with E-state index in [1.807, 2.05) is 0 Å². The lowest BCUT2D eigenvalue weighted by Gasteiger charge is -2.09. The second-order valence-corrected chi connectivity index (χ2v) is 4.61. The van der Waals surface area contributed by atoms with Gasteiger partial charge in [-0.3, -0.25) is 10.1 Å². The zero-order chi connectivity index (χ0) is 12.3. The molecule has 6 nitrogen and oxygen atoms in total. The predicted octanol–water partition coefficient (Wildman–Crippen LogP) is 1.26. The molecule has 0 radical (unpaired) electrons. The number of carbonyl (C=O) groups excluding carboxylic acids is 2. The van der Waals surface area contributed by atoms with E-state index in [9.17, 15) is 9.59 Å². The first kappa shape index (κ1) is 12.0. The molecule has 1 atom stereocenters. The highest BCUT2D eigenvalue weighted by atomic mass is 32.1. The van der Waals surface area contributed by atoms with Crippen LogP contribution in [0, 0.1) is 0 Å². The van der Waals surface area contributed by atoms with Gasteiger partial charge < -0.3 is 10.1 Å². The van der Waals surface area contributed by atoms with E-state index in [0.29, 0.717) is 24.0 Å². The van der Waals surface area contributed by atoms with Crippen LogP contribution in [0.25, 0.3) is 0 Å². The summed E-state index contributed by atoms with van der Waals surface area (Å²) in [6, 6.07) is -0.257. The number of thiazole rings is 1. The summed E-state index contributed by atoms with van der Waals surface area (Å²) in [6.07, 6.45) is 0.823. The van der Waals surface area contributed by atoms with Gasteiger partial charge in [-0.1, -0.05) is 0 Å². The van der Waals surface area contributed by atoms with Gasteiger partial charge in [0.25, 0.3) is 0 Å². The molecule has 0 aliphatic carbocycles. The maximum absolute atomic E-state index is 11.6. The first-order valence-electron chi connectivity index (χ1n) is 5.27. The van der Waals surface area contributed by atoms with E-state index in [0.717, 1.165) is 6.42 Å². The molecule has 2 rings (SSSR count). The fourth-order valence-electron chi connectivity index (χ4n) is 1.46. The average molecular weight is 255 g/mol. The number of carbonyl (C=O) groups is 2. The average Bonchev–Trinajstić information content (AvgIpc) is 2.88. The largest absolute Gasteiger partial charge is 0.379 e. The van der Waals surface area contributed by atoms with Crippen molar-refractivity contribution in [1.82, 2.24) is 10.3 Å². The third kappa shape index (κ3) is 3.24. The Hall–Kier alpha value is -1.47. The summed E-state index contributed by atoms with van der Waals surface area (Å²) in [5.74, 6) is -0.112. The topological polar surface area (TPSA) is 80.3 Å². The van der Waals surface area contributed by atoms with E-state index in [-0.39, 0.29) is 17.9 Å². The Morgan fingerprint density at radius 1 is 1.59 bits per heavy atom. The molecule has 0 spiro atoms. The normalized spacial score (nSPS) is 19.0. The summed E-state index contributed by atoms with van der Waals surface area (Å²) in [5.41, 5.74) is 0.370. The van der Waals surface area contributed by atoms with Gasteiger partial charge in [0.1, 0.15) is 5.69 Å². The van der Waals surface area contributed by atoms with Crippen LogP contribution in [-0.4, -0.2) is 36.1 Å². The lowest BCUT2D eigenvalue weighted by atomic mass is 10.3. The molecule has 0 saturated carbocycles. The first-order valence-corrected chi connectivity index (χ1v) is 6.15. The quantitative estimate of drug-likeness (QED) is 0.797. The summed E-state index contributed by atoms with van der Waals surface area (Å²) >= 11 is 1.23. The number of Topliss-reactive ketones (excluding diaryl/α,β-unsaturated/α-hetero) is 1. The zero-order valence-corrected chi connectivity index (χ0v) is 10.2. The van der Waals surface area contributed by atoms with Crippen molar-refractivity contribution < 1.29 is 14.3 Å². The van der Waals surface area contributed by atoms with Crippen LogP contribution in [0.5, 0.6) is 0 Å². The minimum atomic E-state index is -0.315. The van der Waals surface area contributed by atoms with E-state index in [4.69, 9.17) is 4.74 Å². The standard InChI is InChI=1S/C10H13N3O3S/c1-6(14)8-5-17-10(12-8)13-9(15)11-7-2-3-16-4-7/h5,7H,2-4H2,1H3,(H2,11,12,13,15). The minimum absolute atomic E-state index is 0.0576. The Balaban J connectivity index is 1.86. The summed E-state index contributed by atoms with van der Waals surface area (Å²) in [4.78, 5) is 26.6. The van der Waals surface area contributed by atoms with Crippen molar-refractivity contribution in [3.63, 3.8) is 0 Å². The molecular weight excluding hydrogens is 242 g/mol. The Bertz CT molecular complexity index is 426. The number of nitrogens with one attached hydrogen (secondary N) is 2. The second kappa shape index (κ2) is 5.24. The number of hydrogen-bond acceptors (Lipinski definition) is 5. The SMILES string of the molecule is CC(=O)c1csc(NC(=O)NC2CCOC2)n1. The molecule has 0 aromatic carbocycles.